The smallest absolute Gasteiger partial charge is 0.274 e. The Balaban J connectivity index is 1.30. The number of carbonyl (C=O) groups excluding carboxylic acids is 1. The molecule has 2 fully saturated rings. The number of aromatic nitrogens is 7. The number of alkyl halides is 1. The number of rotatable bonds is 6. The minimum absolute atomic E-state index is 0.0502. The minimum Gasteiger partial charge on any atom is -0.338 e. The lowest BCUT2D eigenvalue weighted by molar-refractivity contribution is 0.0480. The molecule has 3 aromatic rings. The van der Waals surface area contributed by atoms with E-state index in [1.807, 2.05) is 11.8 Å². The van der Waals surface area contributed by atoms with E-state index in [9.17, 15) is 4.79 Å². The van der Waals surface area contributed by atoms with Crippen LogP contribution in [0.25, 0.3) is 5.82 Å². The number of piperidine rings is 1. The fourth-order valence-corrected chi connectivity index (χ4v) is 4.03. The third kappa shape index (κ3) is 4.02. The van der Waals surface area contributed by atoms with Gasteiger partial charge in [0.05, 0.1) is 25.0 Å². The van der Waals surface area contributed by atoms with Gasteiger partial charge < -0.3 is 9.80 Å². The fraction of sp³-hybridized carbons (Fsp3) is 0.476. The summed E-state index contributed by atoms with van der Waals surface area (Å²) in [4.78, 5) is 38.0. The van der Waals surface area contributed by atoms with Gasteiger partial charge in [0.25, 0.3) is 5.91 Å². The molecule has 2 aliphatic rings. The van der Waals surface area contributed by atoms with E-state index in [1.165, 1.54) is 29.7 Å². The van der Waals surface area contributed by atoms with E-state index in [0.717, 1.165) is 24.8 Å². The van der Waals surface area contributed by atoms with Gasteiger partial charge >= 0.3 is 0 Å². The van der Waals surface area contributed by atoms with Crippen LogP contribution in [0.5, 0.6) is 0 Å². The zero-order valence-electron chi connectivity index (χ0n) is 17.7. The summed E-state index contributed by atoms with van der Waals surface area (Å²) in [5, 5.41) is 4.00. The first-order valence-corrected chi connectivity index (χ1v) is 10.8. The molecule has 0 unspecified atom stereocenters. The van der Waals surface area contributed by atoms with Crippen molar-refractivity contribution in [3.63, 3.8) is 0 Å². The molecule has 166 valence electrons. The molecule has 3 aromatic heterocycles. The maximum atomic E-state index is 15.3. The van der Waals surface area contributed by atoms with Crippen LogP contribution in [0.3, 0.4) is 0 Å². The first-order valence-electron chi connectivity index (χ1n) is 10.8. The Bertz CT molecular complexity index is 1050. The molecule has 1 aliphatic carbocycles. The summed E-state index contributed by atoms with van der Waals surface area (Å²) in [5.41, 5.74) is 1.25. The number of hydrogen-bond donors (Lipinski definition) is 0. The number of nitrogens with zero attached hydrogens (tertiary/aromatic N) is 9. The van der Waals surface area contributed by atoms with Crippen LogP contribution in [0, 0.1) is 0 Å². The Morgan fingerprint density at radius 2 is 1.94 bits per heavy atom. The van der Waals surface area contributed by atoms with Gasteiger partial charge in [-0.2, -0.15) is 5.10 Å². The molecule has 1 aliphatic heterocycles. The van der Waals surface area contributed by atoms with Crippen molar-refractivity contribution in [2.24, 2.45) is 0 Å². The van der Waals surface area contributed by atoms with Crippen LogP contribution in [0.1, 0.15) is 42.2 Å². The van der Waals surface area contributed by atoms with Crippen molar-refractivity contribution < 1.29 is 9.18 Å². The predicted octanol–water partition coefficient (Wildman–Crippen LogP) is 1.63. The van der Waals surface area contributed by atoms with E-state index in [-0.39, 0.29) is 24.2 Å². The molecule has 0 N–H and O–H groups in total. The Hall–Kier alpha value is -3.50. The van der Waals surface area contributed by atoms with Gasteiger partial charge in [0, 0.05) is 25.0 Å². The van der Waals surface area contributed by atoms with Crippen LogP contribution in [-0.4, -0.2) is 76.9 Å². The average molecular weight is 437 g/mol. The molecule has 1 saturated carbocycles. The quantitative estimate of drug-likeness (QED) is 0.573. The lowest BCUT2D eigenvalue weighted by Crippen LogP contribution is -2.55. The molecular formula is C21H24FN9O. The van der Waals surface area contributed by atoms with Gasteiger partial charge in [-0.15, -0.1) is 0 Å². The second kappa shape index (κ2) is 8.56. The molecule has 0 radical (unpaired) electrons. The van der Waals surface area contributed by atoms with Crippen molar-refractivity contribution in [3.8, 4) is 5.82 Å². The van der Waals surface area contributed by atoms with E-state index < -0.39 is 12.2 Å². The molecule has 0 aromatic carbocycles. The van der Waals surface area contributed by atoms with Gasteiger partial charge in [0.1, 0.15) is 24.5 Å². The number of aryl methyl sites for hydroxylation is 1. The van der Waals surface area contributed by atoms with Crippen LogP contribution in [0.4, 0.5) is 10.3 Å². The largest absolute Gasteiger partial charge is 0.338 e. The fourth-order valence-electron chi connectivity index (χ4n) is 4.03. The minimum atomic E-state index is -1.20. The predicted molar refractivity (Wildman–Crippen MR) is 113 cm³/mol. The van der Waals surface area contributed by atoms with Gasteiger partial charge in [-0.05, 0) is 31.2 Å². The van der Waals surface area contributed by atoms with E-state index in [1.54, 1.807) is 17.3 Å². The van der Waals surface area contributed by atoms with E-state index in [2.05, 4.69) is 30.0 Å². The average Bonchev–Trinajstić information content (AvgIpc) is 3.51. The molecule has 1 amide bonds. The van der Waals surface area contributed by atoms with Crippen LogP contribution in [0.15, 0.2) is 37.4 Å². The lowest BCUT2D eigenvalue weighted by atomic mass is 10.0. The number of halogens is 1. The topological polar surface area (TPSA) is 106 Å². The van der Waals surface area contributed by atoms with Crippen LogP contribution in [-0.2, 0) is 6.42 Å². The van der Waals surface area contributed by atoms with Crippen molar-refractivity contribution in [2.75, 3.05) is 18.0 Å². The maximum Gasteiger partial charge on any atom is 0.274 e. The summed E-state index contributed by atoms with van der Waals surface area (Å²) in [6.07, 6.45) is 11.3. The summed E-state index contributed by atoms with van der Waals surface area (Å²) in [6, 6.07) is -0.452. The first kappa shape index (κ1) is 20.4. The molecule has 0 spiro atoms. The Morgan fingerprint density at radius 3 is 2.53 bits per heavy atom. The van der Waals surface area contributed by atoms with Crippen molar-refractivity contribution in [3.05, 3.63) is 48.7 Å². The van der Waals surface area contributed by atoms with Crippen molar-refractivity contribution >= 4 is 11.9 Å². The summed E-state index contributed by atoms with van der Waals surface area (Å²) in [5.74, 6) is 0.708. The number of hydrogen-bond acceptors (Lipinski definition) is 8. The number of amides is 1. The van der Waals surface area contributed by atoms with Crippen molar-refractivity contribution in [1.29, 1.82) is 0 Å². The third-order valence-corrected chi connectivity index (χ3v) is 5.93. The van der Waals surface area contributed by atoms with Crippen LogP contribution in [0.2, 0.25) is 0 Å². The molecule has 1 saturated heterocycles. The lowest BCUT2D eigenvalue weighted by Gasteiger charge is -2.40. The standard InChI is InChI=1S/C21H24FN9O/c1-2-14-7-26-21(27-8-14)29-6-5-18(16(22)11-29)31(15-3-4-15)20(32)17-9-25-19(10-24-17)30-13-23-12-28-30/h7-10,12-13,15-16,18H,2-6,11H2,1H3/t16-,18+/m0/s1. The molecule has 32 heavy (non-hydrogen) atoms. The summed E-state index contributed by atoms with van der Waals surface area (Å²) >= 11 is 0. The van der Waals surface area contributed by atoms with Crippen LogP contribution < -0.4 is 4.90 Å². The van der Waals surface area contributed by atoms with Gasteiger partial charge in [0.2, 0.25) is 5.95 Å². The highest BCUT2D eigenvalue weighted by Gasteiger charge is 2.44. The Morgan fingerprint density at radius 1 is 1.12 bits per heavy atom. The highest BCUT2D eigenvalue weighted by molar-refractivity contribution is 5.92. The van der Waals surface area contributed by atoms with Crippen molar-refractivity contribution in [2.45, 2.75) is 50.9 Å². The molecule has 2 atom stereocenters. The summed E-state index contributed by atoms with van der Waals surface area (Å²) < 4.78 is 16.8. The highest BCUT2D eigenvalue weighted by Crippen LogP contribution is 2.34. The SMILES string of the molecule is CCc1cnc(N2CC[C@@H](N(C(=O)c3cnc(-n4cncn4)cn3)C3CC3)[C@@H](F)C2)nc1. The summed E-state index contributed by atoms with van der Waals surface area (Å²) in [7, 11) is 0. The molecular weight excluding hydrogens is 413 g/mol. The molecule has 11 heteroatoms. The summed E-state index contributed by atoms with van der Waals surface area (Å²) in [6.45, 7) is 2.78. The van der Waals surface area contributed by atoms with Gasteiger partial charge in [0.15, 0.2) is 5.82 Å². The normalized spacial score (nSPS) is 20.9. The Kier molecular flexibility index (Phi) is 5.46. The highest BCUT2D eigenvalue weighted by atomic mass is 19.1. The second-order valence-electron chi connectivity index (χ2n) is 8.11. The number of anilines is 1. The first-order chi connectivity index (χ1) is 15.6. The number of carbonyl (C=O) groups is 1. The van der Waals surface area contributed by atoms with Crippen molar-refractivity contribution in [1.82, 2.24) is 39.6 Å². The van der Waals surface area contributed by atoms with E-state index in [0.29, 0.717) is 24.7 Å². The van der Waals surface area contributed by atoms with Gasteiger partial charge in [-0.25, -0.2) is 34.0 Å². The third-order valence-electron chi connectivity index (χ3n) is 5.93. The monoisotopic (exact) mass is 437 g/mol. The molecule has 4 heterocycles. The zero-order chi connectivity index (χ0) is 22.1. The molecule has 0 bridgehead atoms. The molecule has 10 nitrogen and oxygen atoms in total. The van der Waals surface area contributed by atoms with Gasteiger partial charge in [-0.1, -0.05) is 6.92 Å². The zero-order valence-corrected chi connectivity index (χ0v) is 17.7. The van der Waals surface area contributed by atoms with E-state index in [4.69, 9.17) is 0 Å². The maximum absolute atomic E-state index is 15.3. The molecule has 5 rings (SSSR count). The van der Waals surface area contributed by atoms with Gasteiger partial charge in [-0.3, -0.25) is 4.79 Å². The second-order valence-corrected chi connectivity index (χ2v) is 8.11. The Labute approximate surface area is 184 Å². The van der Waals surface area contributed by atoms with Crippen LogP contribution >= 0.6 is 0 Å². The van der Waals surface area contributed by atoms with E-state index >= 15 is 4.39 Å².